The first-order chi connectivity index (χ1) is 14.5. The third kappa shape index (κ3) is 5.03. The molecule has 0 unspecified atom stereocenters. The smallest absolute Gasteiger partial charge is 0.280 e. The van der Waals surface area contributed by atoms with Crippen LogP contribution in [0.3, 0.4) is 0 Å². The van der Waals surface area contributed by atoms with Crippen molar-refractivity contribution >= 4 is 45.0 Å². The summed E-state index contributed by atoms with van der Waals surface area (Å²) in [6.07, 6.45) is 0. The average Bonchev–Trinajstić information content (AvgIpc) is 3.32. The lowest BCUT2D eigenvalue weighted by atomic mass is 10.3. The number of halogens is 3. The minimum Gasteiger partial charge on any atom is -0.379 e. The summed E-state index contributed by atoms with van der Waals surface area (Å²) in [5, 5.41) is 4.72. The van der Waals surface area contributed by atoms with Crippen LogP contribution >= 0.6 is 23.7 Å². The maximum atomic E-state index is 14.2. The van der Waals surface area contributed by atoms with Crippen molar-refractivity contribution in [3.05, 3.63) is 41.2 Å². The quantitative estimate of drug-likeness (QED) is 0.550. The average molecular weight is 472 g/mol. The van der Waals surface area contributed by atoms with Gasteiger partial charge in [-0.15, -0.1) is 12.4 Å². The van der Waals surface area contributed by atoms with Crippen molar-refractivity contribution in [3.8, 4) is 0 Å². The molecule has 1 aromatic carbocycles. The van der Waals surface area contributed by atoms with Crippen LogP contribution in [0.1, 0.15) is 23.1 Å². The summed E-state index contributed by atoms with van der Waals surface area (Å²) in [5.74, 6) is -1.71. The lowest BCUT2D eigenvalue weighted by Crippen LogP contribution is -2.43. The third-order valence-corrected chi connectivity index (χ3v) is 6.15. The lowest BCUT2D eigenvalue weighted by Gasteiger charge is -2.29. The number of morpholine rings is 1. The summed E-state index contributed by atoms with van der Waals surface area (Å²) in [7, 11) is 0. The molecule has 168 valence electrons. The lowest BCUT2D eigenvalue weighted by molar-refractivity contribution is 0.0391. The summed E-state index contributed by atoms with van der Waals surface area (Å²) < 4.78 is 35.3. The summed E-state index contributed by atoms with van der Waals surface area (Å²) >= 11 is 1.10. The summed E-state index contributed by atoms with van der Waals surface area (Å²) in [4.78, 5) is 21.4. The molecule has 11 heteroatoms. The van der Waals surface area contributed by atoms with Gasteiger partial charge in [0.2, 0.25) is 0 Å². The molecule has 0 bridgehead atoms. The number of benzene rings is 1. The highest BCUT2D eigenvalue weighted by Gasteiger charge is 2.26. The second-order valence-electron chi connectivity index (χ2n) is 7.13. The second-order valence-corrected chi connectivity index (χ2v) is 8.14. The molecule has 1 aliphatic rings. The van der Waals surface area contributed by atoms with E-state index in [1.807, 2.05) is 13.8 Å². The number of anilines is 1. The number of amides is 1. The van der Waals surface area contributed by atoms with Crippen LogP contribution in [-0.2, 0) is 11.3 Å². The zero-order chi connectivity index (χ0) is 21.3. The summed E-state index contributed by atoms with van der Waals surface area (Å²) in [5.41, 5.74) is 1.25. The van der Waals surface area contributed by atoms with Gasteiger partial charge in [-0.1, -0.05) is 11.3 Å². The molecule has 1 saturated heterocycles. The van der Waals surface area contributed by atoms with Crippen LogP contribution in [0, 0.1) is 18.6 Å². The number of hydrogen-bond donors (Lipinski definition) is 0. The fourth-order valence-electron chi connectivity index (χ4n) is 3.48. The minimum atomic E-state index is -0.737. The molecule has 0 saturated carbocycles. The number of nitrogens with zero attached hydrogens (tertiary/aromatic N) is 5. The van der Waals surface area contributed by atoms with Gasteiger partial charge in [0.1, 0.15) is 11.3 Å². The Labute approximate surface area is 189 Å². The van der Waals surface area contributed by atoms with E-state index in [2.05, 4.69) is 15.0 Å². The van der Waals surface area contributed by atoms with Gasteiger partial charge < -0.3 is 4.74 Å². The van der Waals surface area contributed by atoms with Gasteiger partial charge in [-0.2, -0.15) is 5.10 Å². The first-order valence-corrected chi connectivity index (χ1v) is 10.7. The van der Waals surface area contributed by atoms with Gasteiger partial charge in [-0.05, 0) is 26.0 Å². The highest BCUT2D eigenvalue weighted by atomic mass is 35.5. The van der Waals surface area contributed by atoms with E-state index in [0.717, 1.165) is 36.2 Å². The Morgan fingerprint density at radius 3 is 2.68 bits per heavy atom. The van der Waals surface area contributed by atoms with Gasteiger partial charge in [-0.25, -0.2) is 13.8 Å². The summed E-state index contributed by atoms with van der Waals surface area (Å²) in [6, 6.07) is 3.78. The van der Waals surface area contributed by atoms with E-state index < -0.39 is 11.6 Å². The molecule has 0 atom stereocenters. The second kappa shape index (κ2) is 9.99. The van der Waals surface area contributed by atoms with E-state index in [9.17, 15) is 13.6 Å². The van der Waals surface area contributed by atoms with Gasteiger partial charge in [0, 0.05) is 44.5 Å². The molecule has 1 amide bonds. The van der Waals surface area contributed by atoms with Gasteiger partial charge >= 0.3 is 0 Å². The van der Waals surface area contributed by atoms with E-state index in [-0.39, 0.29) is 23.8 Å². The standard InChI is InChI=1S/C20H23F2N5O2S.ClH/c1-3-27-13(2)10-16(24-27)19(28)26(5-4-25-6-8-29-9-7-25)20-23-18-15(22)11-14(21)12-17(18)30-20;/h10-12H,3-9H2,1-2H3;1H. The molecule has 0 spiro atoms. The van der Waals surface area contributed by atoms with Crippen molar-refractivity contribution in [1.29, 1.82) is 0 Å². The Kier molecular flexibility index (Phi) is 7.58. The van der Waals surface area contributed by atoms with Crippen molar-refractivity contribution in [1.82, 2.24) is 19.7 Å². The van der Waals surface area contributed by atoms with Crippen LogP contribution in [0.15, 0.2) is 18.2 Å². The highest BCUT2D eigenvalue weighted by Crippen LogP contribution is 2.32. The van der Waals surface area contributed by atoms with Crippen LogP contribution in [0.2, 0.25) is 0 Å². The van der Waals surface area contributed by atoms with Crippen molar-refractivity contribution in [2.45, 2.75) is 20.4 Å². The van der Waals surface area contributed by atoms with Crippen LogP contribution < -0.4 is 4.90 Å². The largest absolute Gasteiger partial charge is 0.379 e. The maximum absolute atomic E-state index is 14.2. The van der Waals surface area contributed by atoms with Crippen LogP contribution in [0.5, 0.6) is 0 Å². The molecule has 2 aromatic heterocycles. The van der Waals surface area contributed by atoms with Crippen LogP contribution in [0.25, 0.3) is 10.2 Å². The highest BCUT2D eigenvalue weighted by molar-refractivity contribution is 7.22. The van der Waals surface area contributed by atoms with Crippen molar-refractivity contribution in [2.75, 3.05) is 44.3 Å². The molecule has 0 N–H and O–H groups in total. The molecule has 4 rings (SSSR count). The number of carbonyl (C=O) groups excluding carboxylic acids is 1. The van der Waals surface area contributed by atoms with Crippen molar-refractivity contribution in [3.63, 3.8) is 0 Å². The Bertz CT molecular complexity index is 1070. The molecule has 3 aromatic rings. The van der Waals surface area contributed by atoms with Crippen LogP contribution in [0.4, 0.5) is 13.9 Å². The van der Waals surface area contributed by atoms with Crippen LogP contribution in [-0.4, -0.2) is 65.0 Å². The van der Waals surface area contributed by atoms with E-state index in [4.69, 9.17) is 4.74 Å². The Morgan fingerprint density at radius 1 is 1.26 bits per heavy atom. The zero-order valence-electron chi connectivity index (χ0n) is 17.3. The predicted octanol–water partition coefficient (Wildman–Crippen LogP) is 3.50. The van der Waals surface area contributed by atoms with E-state index >= 15 is 0 Å². The van der Waals surface area contributed by atoms with E-state index in [1.165, 1.54) is 11.0 Å². The maximum Gasteiger partial charge on any atom is 0.280 e. The van der Waals surface area contributed by atoms with Gasteiger partial charge in [0.25, 0.3) is 5.91 Å². The number of aromatic nitrogens is 3. The number of carbonyl (C=O) groups is 1. The number of ether oxygens (including phenoxy) is 1. The molecular formula is C20H24ClF2N5O2S. The third-order valence-electron chi connectivity index (χ3n) is 5.12. The molecule has 31 heavy (non-hydrogen) atoms. The summed E-state index contributed by atoms with van der Waals surface area (Å²) in [6.45, 7) is 8.35. The molecule has 1 fully saturated rings. The molecule has 0 radical (unpaired) electrons. The zero-order valence-corrected chi connectivity index (χ0v) is 18.9. The van der Waals surface area contributed by atoms with Gasteiger partial charge in [-0.3, -0.25) is 19.3 Å². The molecule has 7 nitrogen and oxygen atoms in total. The van der Waals surface area contributed by atoms with Crippen molar-refractivity contribution < 1.29 is 18.3 Å². The monoisotopic (exact) mass is 471 g/mol. The first kappa shape index (κ1) is 23.5. The number of aryl methyl sites for hydroxylation is 2. The molecule has 3 heterocycles. The topological polar surface area (TPSA) is 63.5 Å². The van der Waals surface area contributed by atoms with E-state index in [0.29, 0.717) is 48.4 Å². The molecule has 1 aliphatic heterocycles. The molecular weight excluding hydrogens is 448 g/mol. The number of rotatable bonds is 6. The fraction of sp³-hybridized carbons (Fsp3) is 0.450. The number of fused-ring (bicyclic) bond motifs is 1. The Morgan fingerprint density at radius 2 is 2.00 bits per heavy atom. The number of hydrogen-bond acceptors (Lipinski definition) is 6. The SMILES string of the molecule is CCn1nc(C(=O)N(CCN2CCOCC2)c2nc3c(F)cc(F)cc3s2)cc1C.Cl. The van der Waals surface area contributed by atoms with Gasteiger partial charge in [0.05, 0.1) is 17.9 Å². The van der Waals surface area contributed by atoms with E-state index in [1.54, 1.807) is 10.7 Å². The van der Waals surface area contributed by atoms with Crippen molar-refractivity contribution in [2.24, 2.45) is 0 Å². The molecule has 0 aliphatic carbocycles. The normalized spacial score (nSPS) is 14.6. The number of thiazole rings is 1. The minimum absolute atomic E-state index is 0. The predicted molar refractivity (Wildman–Crippen MR) is 118 cm³/mol. The Balaban J connectivity index is 0.00000272. The van der Waals surface area contributed by atoms with Gasteiger partial charge in [0.15, 0.2) is 16.6 Å². The first-order valence-electron chi connectivity index (χ1n) is 9.88. The fourth-order valence-corrected chi connectivity index (χ4v) is 4.51. The Hall–Kier alpha value is -2.14.